The number of H-pyrrole nitrogens is 1. The Balaban J connectivity index is 2.37. The van der Waals surface area contributed by atoms with Gasteiger partial charge in [0.1, 0.15) is 0 Å². The maximum Gasteiger partial charge on any atom is 0.335 e. The van der Waals surface area contributed by atoms with Gasteiger partial charge < -0.3 is 19.9 Å². The van der Waals surface area contributed by atoms with E-state index < -0.39 is 5.97 Å². The lowest BCUT2D eigenvalue weighted by molar-refractivity contribution is 0.0696. The summed E-state index contributed by atoms with van der Waals surface area (Å²) in [4.78, 5) is 14.5. The van der Waals surface area contributed by atoms with E-state index in [1.165, 1.54) is 19.2 Å². The molecule has 0 amide bonds. The molecule has 112 valence electrons. The maximum absolute atomic E-state index is 11.3. The molecule has 0 radical (unpaired) electrons. The van der Waals surface area contributed by atoms with Gasteiger partial charge in [0.05, 0.1) is 12.7 Å². The minimum Gasteiger partial charge on any atom is -0.504 e. The lowest BCUT2D eigenvalue weighted by Crippen LogP contribution is -1.98. The standard InChI is InChI=1S/C17H15NO4/c1-9-15(11-5-3-4-6-13(11)18-9)12-7-10(17(20)21)8-14(22-2)16(12)19/h3-8,18-19H,1-2H3,(H,20,21). The van der Waals surface area contributed by atoms with Gasteiger partial charge in [-0.05, 0) is 25.1 Å². The molecule has 5 nitrogen and oxygen atoms in total. The van der Waals surface area contributed by atoms with Gasteiger partial charge in [-0.15, -0.1) is 0 Å². The van der Waals surface area contributed by atoms with Crippen LogP contribution in [0.15, 0.2) is 36.4 Å². The highest BCUT2D eigenvalue weighted by Crippen LogP contribution is 2.42. The van der Waals surface area contributed by atoms with Crippen molar-refractivity contribution in [2.45, 2.75) is 6.92 Å². The van der Waals surface area contributed by atoms with Gasteiger partial charge in [-0.3, -0.25) is 0 Å². The lowest BCUT2D eigenvalue weighted by atomic mass is 9.98. The first kappa shape index (κ1) is 14.0. The van der Waals surface area contributed by atoms with Gasteiger partial charge in [-0.2, -0.15) is 0 Å². The Morgan fingerprint density at radius 3 is 2.64 bits per heavy atom. The molecule has 0 aliphatic rings. The van der Waals surface area contributed by atoms with E-state index in [0.29, 0.717) is 5.56 Å². The highest BCUT2D eigenvalue weighted by molar-refractivity contribution is 6.01. The zero-order valence-electron chi connectivity index (χ0n) is 12.2. The molecule has 0 aliphatic heterocycles. The zero-order chi connectivity index (χ0) is 15.9. The average molecular weight is 297 g/mol. The summed E-state index contributed by atoms with van der Waals surface area (Å²) in [6, 6.07) is 10.4. The molecule has 0 unspecified atom stereocenters. The number of nitrogens with one attached hydrogen (secondary N) is 1. The number of hydrogen-bond donors (Lipinski definition) is 3. The molecule has 2 aromatic carbocycles. The van der Waals surface area contributed by atoms with Crippen LogP contribution in [-0.2, 0) is 0 Å². The minimum atomic E-state index is -1.07. The van der Waals surface area contributed by atoms with Crippen LogP contribution in [0.3, 0.4) is 0 Å². The summed E-state index contributed by atoms with van der Waals surface area (Å²) in [6.45, 7) is 1.88. The number of ether oxygens (including phenoxy) is 1. The summed E-state index contributed by atoms with van der Waals surface area (Å²) in [5, 5.41) is 20.6. The van der Waals surface area contributed by atoms with Gasteiger partial charge in [-0.1, -0.05) is 18.2 Å². The van der Waals surface area contributed by atoms with E-state index in [-0.39, 0.29) is 17.1 Å². The molecule has 0 bridgehead atoms. The Morgan fingerprint density at radius 2 is 1.95 bits per heavy atom. The first-order chi connectivity index (χ1) is 10.5. The molecule has 3 aromatic rings. The van der Waals surface area contributed by atoms with E-state index >= 15 is 0 Å². The van der Waals surface area contributed by atoms with Crippen LogP contribution in [0.2, 0.25) is 0 Å². The molecule has 5 heteroatoms. The Morgan fingerprint density at radius 1 is 1.23 bits per heavy atom. The summed E-state index contributed by atoms with van der Waals surface area (Å²) < 4.78 is 5.10. The van der Waals surface area contributed by atoms with Gasteiger partial charge in [-0.25, -0.2) is 4.79 Å². The van der Waals surface area contributed by atoms with Crippen LogP contribution < -0.4 is 4.74 Å². The van der Waals surface area contributed by atoms with Crippen molar-refractivity contribution in [3.05, 3.63) is 47.7 Å². The Bertz CT molecular complexity index is 880. The van der Waals surface area contributed by atoms with E-state index in [0.717, 1.165) is 22.2 Å². The largest absolute Gasteiger partial charge is 0.504 e. The molecular formula is C17H15NO4. The van der Waals surface area contributed by atoms with Crippen LogP contribution in [-0.4, -0.2) is 28.3 Å². The van der Waals surface area contributed by atoms with E-state index in [1.54, 1.807) is 0 Å². The number of aromatic nitrogens is 1. The number of fused-ring (bicyclic) bond motifs is 1. The Hall–Kier alpha value is -2.95. The number of aryl methyl sites for hydroxylation is 1. The fourth-order valence-corrected chi connectivity index (χ4v) is 2.70. The Kier molecular flexibility index (Phi) is 3.25. The van der Waals surface area contributed by atoms with Crippen LogP contribution >= 0.6 is 0 Å². The van der Waals surface area contributed by atoms with E-state index in [1.807, 2.05) is 31.2 Å². The molecule has 0 atom stereocenters. The summed E-state index contributed by atoms with van der Waals surface area (Å²) >= 11 is 0. The van der Waals surface area contributed by atoms with Crippen LogP contribution in [0.4, 0.5) is 0 Å². The third kappa shape index (κ3) is 2.07. The quantitative estimate of drug-likeness (QED) is 0.690. The SMILES string of the molecule is COc1cc(C(=O)O)cc(-c2c(C)[nH]c3ccccc23)c1O. The molecule has 0 saturated heterocycles. The summed E-state index contributed by atoms with van der Waals surface area (Å²) in [5.74, 6) is -1.00. The smallest absolute Gasteiger partial charge is 0.335 e. The molecule has 3 rings (SSSR count). The number of hydrogen-bond acceptors (Lipinski definition) is 3. The highest BCUT2D eigenvalue weighted by atomic mass is 16.5. The fourth-order valence-electron chi connectivity index (χ4n) is 2.70. The molecule has 3 N–H and O–H groups in total. The number of phenols is 1. The number of benzene rings is 2. The van der Waals surface area contributed by atoms with Gasteiger partial charge >= 0.3 is 5.97 Å². The van der Waals surface area contributed by atoms with Gasteiger partial charge in [0, 0.05) is 27.7 Å². The molecular weight excluding hydrogens is 282 g/mol. The number of aromatic carboxylic acids is 1. The number of carboxylic acid groups (broad SMARTS) is 1. The monoisotopic (exact) mass is 297 g/mol. The topological polar surface area (TPSA) is 82.5 Å². The van der Waals surface area contributed by atoms with Crippen LogP contribution in [0.1, 0.15) is 16.1 Å². The van der Waals surface area contributed by atoms with Crippen LogP contribution in [0, 0.1) is 6.92 Å². The number of aromatic amines is 1. The molecule has 0 aliphatic carbocycles. The number of para-hydroxylation sites is 1. The Labute approximate surface area is 126 Å². The second kappa shape index (κ2) is 5.11. The normalized spacial score (nSPS) is 10.8. The summed E-state index contributed by atoms with van der Waals surface area (Å²) in [6.07, 6.45) is 0. The lowest BCUT2D eigenvalue weighted by Gasteiger charge is -2.11. The molecule has 1 aromatic heterocycles. The predicted octanol–water partition coefficient (Wildman–Crippen LogP) is 3.56. The molecule has 0 spiro atoms. The molecule has 0 saturated carbocycles. The van der Waals surface area contributed by atoms with Gasteiger partial charge in [0.2, 0.25) is 0 Å². The van der Waals surface area contributed by atoms with Crippen molar-refractivity contribution in [1.29, 1.82) is 0 Å². The molecule has 0 fully saturated rings. The fraction of sp³-hybridized carbons (Fsp3) is 0.118. The number of rotatable bonds is 3. The first-order valence-corrected chi connectivity index (χ1v) is 6.75. The van der Waals surface area contributed by atoms with Crippen LogP contribution in [0.25, 0.3) is 22.0 Å². The summed E-state index contributed by atoms with van der Waals surface area (Å²) in [5.41, 5.74) is 3.05. The number of methoxy groups -OCH3 is 1. The summed E-state index contributed by atoms with van der Waals surface area (Å²) in [7, 11) is 1.40. The number of aromatic hydroxyl groups is 1. The van der Waals surface area contributed by atoms with Crippen molar-refractivity contribution in [1.82, 2.24) is 4.98 Å². The number of carboxylic acids is 1. The third-order valence-electron chi connectivity index (χ3n) is 3.70. The third-order valence-corrected chi connectivity index (χ3v) is 3.70. The van der Waals surface area contributed by atoms with Crippen molar-refractivity contribution >= 4 is 16.9 Å². The average Bonchev–Trinajstić information content (AvgIpc) is 2.83. The predicted molar refractivity (Wildman–Crippen MR) is 83.6 cm³/mol. The minimum absolute atomic E-state index is 0.0642. The highest BCUT2D eigenvalue weighted by Gasteiger charge is 2.19. The van der Waals surface area contributed by atoms with Crippen molar-refractivity contribution < 1.29 is 19.7 Å². The molecule has 1 heterocycles. The number of carbonyl (C=O) groups is 1. The van der Waals surface area contributed by atoms with Crippen molar-refractivity contribution in [2.75, 3.05) is 7.11 Å². The van der Waals surface area contributed by atoms with Gasteiger partial charge in [0.15, 0.2) is 11.5 Å². The first-order valence-electron chi connectivity index (χ1n) is 6.75. The van der Waals surface area contributed by atoms with Crippen LogP contribution in [0.5, 0.6) is 11.5 Å². The van der Waals surface area contributed by atoms with Gasteiger partial charge in [0.25, 0.3) is 0 Å². The van der Waals surface area contributed by atoms with Crippen molar-refractivity contribution in [2.24, 2.45) is 0 Å². The van der Waals surface area contributed by atoms with E-state index in [4.69, 9.17) is 4.74 Å². The number of phenolic OH excluding ortho intramolecular Hbond substituents is 1. The molecule has 22 heavy (non-hydrogen) atoms. The van der Waals surface area contributed by atoms with E-state index in [2.05, 4.69) is 4.98 Å². The second-order valence-electron chi connectivity index (χ2n) is 5.05. The van der Waals surface area contributed by atoms with E-state index in [9.17, 15) is 15.0 Å². The zero-order valence-corrected chi connectivity index (χ0v) is 12.2. The maximum atomic E-state index is 11.3. The van der Waals surface area contributed by atoms with Crippen molar-refractivity contribution in [3.63, 3.8) is 0 Å². The van der Waals surface area contributed by atoms with Crippen molar-refractivity contribution in [3.8, 4) is 22.6 Å². The second-order valence-corrected chi connectivity index (χ2v) is 5.05.